The van der Waals surface area contributed by atoms with Crippen molar-refractivity contribution in [1.82, 2.24) is 10.8 Å². The van der Waals surface area contributed by atoms with E-state index in [1.807, 2.05) is 0 Å². The van der Waals surface area contributed by atoms with E-state index in [0.29, 0.717) is 62.3 Å². The highest BCUT2D eigenvalue weighted by Gasteiger charge is 2.37. The smallest absolute Gasteiger partial charge is 0.416 e. The minimum atomic E-state index is -5.00. The summed E-state index contributed by atoms with van der Waals surface area (Å²) >= 11 is 0. The van der Waals surface area contributed by atoms with Crippen molar-refractivity contribution in [2.75, 3.05) is 19.8 Å². The molecule has 0 spiro atoms. The predicted molar refractivity (Wildman–Crippen MR) is 153 cm³/mol. The second-order valence-corrected chi connectivity index (χ2v) is 11.0. The highest BCUT2D eigenvalue weighted by atomic mass is 19.4. The van der Waals surface area contributed by atoms with E-state index in [1.165, 1.54) is 12.1 Å². The second kappa shape index (κ2) is 15.6. The third kappa shape index (κ3) is 10.3. The first-order valence-corrected chi connectivity index (χ1v) is 14.9. The molecule has 0 radical (unpaired) electrons. The van der Waals surface area contributed by atoms with E-state index in [0.717, 1.165) is 25.3 Å². The normalized spacial score (nSPS) is 17.8. The molecule has 0 bridgehead atoms. The van der Waals surface area contributed by atoms with Gasteiger partial charge >= 0.3 is 12.4 Å². The quantitative estimate of drug-likeness (QED) is 0.116. The van der Waals surface area contributed by atoms with Crippen LogP contribution < -0.4 is 15.5 Å². The number of benzene rings is 2. The van der Waals surface area contributed by atoms with E-state index in [1.54, 1.807) is 6.07 Å². The van der Waals surface area contributed by atoms with Crippen LogP contribution in [0.25, 0.3) is 6.08 Å². The summed E-state index contributed by atoms with van der Waals surface area (Å²) in [6, 6.07) is 5.70. The van der Waals surface area contributed by atoms with E-state index in [9.17, 15) is 40.7 Å². The molecule has 1 unspecified atom stereocenters. The molecule has 4 rings (SSSR count). The number of rotatable bonds is 12. The number of ketones is 1. The fourth-order valence-corrected chi connectivity index (χ4v) is 5.05. The molecule has 1 heterocycles. The van der Waals surface area contributed by atoms with Crippen molar-refractivity contribution in [3.63, 3.8) is 0 Å². The fourth-order valence-electron chi connectivity index (χ4n) is 5.05. The SMILES string of the molecule is O=C(COc1ccc2c(c1)CC/C(=C\c1cc(C(F)(F)F)cc(C(F)(F)F)c1)C2=O)NCCCCCC(=O)NOC1CCCCO1. The number of nitrogens with one attached hydrogen (secondary N) is 2. The molecule has 46 heavy (non-hydrogen) atoms. The van der Waals surface area contributed by atoms with Crippen LogP contribution in [-0.4, -0.2) is 43.6 Å². The van der Waals surface area contributed by atoms with Crippen molar-refractivity contribution in [3.8, 4) is 5.75 Å². The molecule has 2 aromatic rings. The maximum Gasteiger partial charge on any atom is 0.416 e. The number of halogens is 6. The number of hydroxylamine groups is 1. The number of ether oxygens (including phenoxy) is 2. The Balaban J connectivity index is 1.21. The van der Waals surface area contributed by atoms with Crippen molar-refractivity contribution in [2.24, 2.45) is 0 Å². The first-order chi connectivity index (χ1) is 21.8. The number of amides is 2. The molecule has 1 saturated heterocycles. The molecule has 14 heteroatoms. The van der Waals surface area contributed by atoms with Crippen LogP contribution in [0.3, 0.4) is 0 Å². The maximum atomic E-state index is 13.2. The van der Waals surface area contributed by atoms with Crippen LogP contribution >= 0.6 is 0 Å². The molecule has 1 fully saturated rings. The molecule has 2 aliphatic rings. The molecule has 0 aromatic heterocycles. The van der Waals surface area contributed by atoms with Crippen molar-refractivity contribution in [2.45, 2.75) is 76.4 Å². The lowest BCUT2D eigenvalue weighted by atomic mass is 9.85. The number of alkyl halides is 6. The molecule has 250 valence electrons. The van der Waals surface area contributed by atoms with Gasteiger partial charge in [-0.25, -0.2) is 10.3 Å². The van der Waals surface area contributed by atoms with Crippen molar-refractivity contribution in [3.05, 3.63) is 69.8 Å². The molecular formula is C32H34F6N2O6. The van der Waals surface area contributed by atoms with E-state index < -0.39 is 35.6 Å². The molecule has 0 saturated carbocycles. The van der Waals surface area contributed by atoms with Crippen LogP contribution in [0.15, 0.2) is 42.0 Å². The van der Waals surface area contributed by atoms with Gasteiger partial charge in [-0.3, -0.25) is 14.4 Å². The molecule has 2 aromatic carbocycles. The van der Waals surface area contributed by atoms with Crippen LogP contribution in [0.1, 0.15) is 84.0 Å². The Morgan fingerprint density at radius 2 is 1.65 bits per heavy atom. The Hall–Kier alpha value is -3.91. The number of fused-ring (bicyclic) bond motifs is 1. The number of Topliss-reactive ketones (excluding diaryl/α,β-unsaturated/α-hetero) is 1. The van der Waals surface area contributed by atoms with Crippen LogP contribution in [0.5, 0.6) is 5.75 Å². The van der Waals surface area contributed by atoms with Gasteiger partial charge in [0.2, 0.25) is 5.91 Å². The van der Waals surface area contributed by atoms with Gasteiger partial charge in [0.1, 0.15) is 5.75 Å². The lowest BCUT2D eigenvalue weighted by Crippen LogP contribution is -2.33. The lowest BCUT2D eigenvalue weighted by molar-refractivity contribution is -0.200. The molecule has 1 atom stereocenters. The van der Waals surface area contributed by atoms with Gasteiger partial charge in [0.05, 0.1) is 11.1 Å². The number of unbranched alkanes of at least 4 members (excludes halogenated alkanes) is 2. The van der Waals surface area contributed by atoms with Crippen LogP contribution in [0.2, 0.25) is 0 Å². The zero-order valence-electron chi connectivity index (χ0n) is 24.8. The van der Waals surface area contributed by atoms with Crippen molar-refractivity contribution >= 4 is 23.7 Å². The summed E-state index contributed by atoms with van der Waals surface area (Å²) in [7, 11) is 0. The summed E-state index contributed by atoms with van der Waals surface area (Å²) in [5.41, 5.74) is 0.0214. The van der Waals surface area contributed by atoms with Gasteiger partial charge in [-0.2, -0.15) is 26.3 Å². The van der Waals surface area contributed by atoms with Crippen LogP contribution in [0, 0.1) is 0 Å². The van der Waals surface area contributed by atoms with Gasteiger partial charge in [0, 0.05) is 37.1 Å². The average molecular weight is 657 g/mol. The summed E-state index contributed by atoms with van der Waals surface area (Å²) in [5, 5.41) is 2.73. The molecule has 8 nitrogen and oxygen atoms in total. The van der Waals surface area contributed by atoms with Gasteiger partial charge in [0.15, 0.2) is 18.7 Å². The van der Waals surface area contributed by atoms with Crippen LogP contribution in [-0.2, 0) is 37.9 Å². The van der Waals surface area contributed by atoms with E-state index in [4.69, 9.17) is 14.3 Å². The summed E-state index contributed by atoms with van der Waals surface area (Å²) in [6.45, 7) is 0.724. The summed E-state index contributed by atoms with van der Waals surface area (Å²) in [6.07, 6.45) is -3.98. The molecule has 1 aliphatic carbocycles. The number of aryl methyl sites for hydroxylation is 1. The monoisotopic (exact) mass is 656 g/mol. The minimum Gasteiger partial charge on any atom is -0.484 e. The predicted octanol–water partition coefficient (Wildman–Crippen LogP) is 6.57. The summed E-state index contributed by atoms with van der Waals surface area (Å²) < 4.78 is 90.3. The number of carbonyl (C=O) groups is 3. The summed E-state index contributed by atoms with van der Waals surface area (Å²) in [5.74, 6) is -0.786. The highest BCUT2D eigenvalue weighted by Crippen LogP contribution is 2.37. The summed E-state index contributed by atoms with van der Waals surface area (Å²) in [4.78, 5) is 42.3. The third-order valence-electron chi connectivity index (χ3n) is 7.44. The second-order valence-electron chi connectivity index (χ2n) is 11.0. The standard InChI is InChI=1S/C32H34F6N2O6/c33-31(34,35)23-15-20(16-24(18-23)32(36,37)38)14-22-9-8-21-17-25(10-11-26(21)30(22)43)45-19-28(42)39-12-4-1-2-6-27(41)40-46-29-7-3-5-13-44-29/h10-11,14-18,29H,1-9,12-13,19H2,(H,39,42)(H,40,41)/b22-14+. The van der Waals surface area contributed by atoms with Crippen molar-refractivity contribution in [1.29, 1.82) is 0 Å². The Morgan fingerprint density at radius 1 is 0.913 bits per heavy atom. The highest BCUT2D eigenvalue weighted by molar-refractivity contribution is 6.13. The number of carbonyl (C=O) groups excluding carboxylic acids is 3. The van der Waals surface area contributed by atoms with Gasteiger partial charge in [-0.1, -0.05) is 6.42 Å². The van der Waals surface area contributed by atoms with Crippen molar-refractivity contribution < 1.29 is 55.0 Å². The van der Waals surface area contributed by atoms with Gasteiger partial charge in [0.25, 0.3) is 5.91 Å². The molecule has 2 N–H and O–H groups in total. The van der Waals surface area contributed by atoms with Crippen LogP contribution in [0.4, 0.5) is 26.3 Å². The number of hydrogen-bond acceptors (Lipinski definition) is 6. The lowest BCUT2D eigenvalue weighted by Gasteiger charge is -2.22. The Labute approximate surface area is 261 Å². The van der Waals surface area contributed by atoms with Gasteiger partial charge in [-0.15, -0.1) is 0 Å². The number of hydrogen-bond donors (Lipinski definition) is 2. The molecule has 2 amide bonds. The topological polar surface area (TPSA) is 103 Å². The first kappa shape index (κ1) is 35.0. The average Bonchev–Trinajstić information content (AvgIpc) is 3.01. The van der Waals surface area contributed by atoms with E-state index in [2.05, 4.69) is 10.8 Å². The Bertz CT molecular complexity index is 1400. The molecular weight excluding hydrogens is 622 g/mol. The van der Waals surface area contributed by atoms with E-state index >= 15 is 0 Å². The molecule has 1 aliphatic heterocycles. The number of allylic oxidation sites excluding steroid dienone is 1. The maximum absolute atomic E-state index is 13.2. The zero-order valence-corrected chi connectivity index (χ0v) is 24.8. The van der Waals surface area contributed by atoms with E-state index in [-0.39, 0.29) is 54.0 Å². The minimum absolute atomic E-state index is 0.0381. The fraction of sp³-hybridized carbons (Fsp3) is 0.469. The van der Waals surface area contributed by atoms with Gasteiger partial charge < -0.3 is 14.8 Å². The largest absolute Gasteiger partial charge is 0.484 e. The third-order valence-corrected chi connectivity index (χ3v) is 7.44. The van der Waals surface area contributed by atoms with Gasteiger partial charge in [-0.05, 0) is 92.1 Å². The first-order valence-electron chi connectivity index (χ1n) is 14.9. The Morgan fingerprint density at radius 3 is 2.33 bits per heavy atom. The zero-order chi connectivity index (χ0) is 33.3. The Kier molecular flexibility index (Phi) is 11.8.